The van der Waals surface area contributed by atoms with Crippen LogP contribution in [0.1, 0.15) is 16.8 Å². The molecule has 1 fully saturated rings. The molecule has 1 atom stereocenters. The van der Waals surface area contributed by atoms with E-state index in [9.17, 15) is 9.18 Å². The lowest BCUT2D eigenvalue weighted by molar-refractivity contribution is 0.102. The molecule has 2 aromatic carbocycles. The number of pyridine rings is 1. The number of carbonyl (C=O) groups is 1. The molecule has 2 heterocycles. The molecule has 1 saturated heterocycles. The van der Waals surface area contributed by atoms with E-state index < -0.39 is 0 Å². The molecule has 1 unspecified atom stereocenters. The number of nitrogens with zero attached hydrogens (tertiary/aromatic N) is 2. The van der Waals surface area contributed by atoms with Crippen molar-refractivity contribution < 1.29 is 9.18 Å². The second-order valence-electron chi connectivity index (χ2n) is 6.94. The summed E-state index contributed by atoms with van der Waals surface area (Å²) in [5, 5.41) is 2.86. The third-order valence-corrected chi connectivity index (χ3v) is 4.88. The number of nitrogens with one attached hydrogen (secondary N) is 1. The van der Waals surface area contributed by atoms with Crippen molar-refractivity contribution in [3.8, 4) is 11.1 Å². The third kappa shape index (κ3) is 4.02. The van der Waals surface area contributed by atoms with Gasteiger partial charge in [0.1, 0.15) is 11.6 Å². The van der Waals surface area contributed by atoms with Gasteiger partial charge in [-0.1, -0.05) is 24.3 Å². The van der Waals surface area contributed by atoms with Crippen LogP contribution < -0.4 is 16.0 Å². The molecular formula is C22H21FN4O. The first-order valence-corrected chi connectivity index (χ1v) is 9.22. The molecule has 0 bridgehead atoms. The minimum atomic E-state index is -0.271. The van der Waals surface area contributed by atoms with Gasteiger partial charge in [-0.15, -0.1) is 0 Å². The van der Waals surface area contributed by atoms with Crippen LogP contribution >= 0.6 is 0 Å². The first kappa shape index (κ1) is 18.1. The molecule has 1 amide bonds. The van der Waals surface area contributed by atoms with Crippen molar-refractivity contribution in [2.75, 3.05) is 23.3 Å². The van der Waals surface area contributed by atoms with Crippen LogP contribution in [0.3, 0.4) is 0 Å². The summed E-state index contributed by atoms with van der Waals surface area (Å²) in [6.07, 6.45) is 2.62. The predicted molar refractivity (Wildman–Crippen MR) is 109 cm³/mol. The smallest absolute Gasteiger partial charge is 0.255 e. The SMILES string of the molecule is NC1CCN(c2ccc(NC(=O)c3ccc(-c4ccc(F)cc4)cc3)cn2)C1. The quantitative estimate of drug-likeness (QED) is 0.729. The van der Waals surface area contributed by atoms with Crippen molar-refractivity contribution >= 4 is 17.4 Å². The third-order valence-electron chi connectivity index (χ3n) is 4.88. The number of hydrogen-bond donors (Lipinski definition) is 2. The van der Waals surface area contributed by atoms with Crippen LogP contribution in [-0.2, 0) is 0 Å². The highest BCUT2D eigenvalue weighted by Crippen LogP contribution is 2.22. The van der Waals surface area contributed by atoms with Crippen molar-refractivity contribution in [3.05, 3.63) is 78.2 Å². The maximum absolute atomic E-state index is 13.0. The summed E-state index contributed by atoms with van der Waals surface area (Å²) < 4.78 is 13.0. The van der Waals surface area contributed by atoms with Crippen LogP contribution in [0.2, 0.25) is 0 Å². The number of rotatable bonds is 4. The summed E-state index contributed by atoms with van der Waals surface area (Å²) in [6, 6.07) is 17.4. The van der Waals surface area contributed by atoms with Crippen LogP contribution in [0.25, 0.3) is 11.1 Å². The van der Waals surface area contributed by atoms with Crippen molar-refractivity contribution in [3.63, 3.8) is 0 Å². The Morgan fingerprint density at radius 2 is 1.71 bits per heavy atom. The first-order chi connectivity index (χ1) is 13.6. The van der Waals surface area contributed by atoms with Gasteiger partial charge in [0.2, 0.25) is 0 Å². The van der Waals surface area contributed by atoms with E-state index in [0.717, 1.165) is 36.5 Å². The van der Waals surface area contributed by atoms with Crippen LogP contribution in [0.4, 0.5) is 15.9 Å². The molecule has 6 heteroatoms. The largest absolute Gasteiger partial charge is 0.355 e. The molecule has 4 rings (SSSR count). The number of amides is 1. The number of benzene rings is 2. The maximum atomic E-state index is 13.0. The summed E-state index contributed by atoms with van der Waals surface area (Å²) in [7, 11) is 0. The summed E-state index contributed by atoms with van der Waals surface area (Å²) in [5.41, 5.74) is 8.94. The van der Waals surface area contributed by atoms with Gasteiger partial charge in [0.25, 0.3) is 5.91 Å². The molecular weight excluding hydrogens is 355 g/mol. The summed E-state index contributed by atoms with van der Waals surface area (Å²) in [5.74, 6) is 0.393. The second kappa shape index (κ2) is 7.78. The first-order valence-electron chi connectivity index (χ1n) is 9.22. The topological polar surface area (TPSA) is 71.2 Å². The number of carbonyl (C=O) groups excluding carboxylic acids is 1. The van der Waals surface area contributed by atoms with E-state index in [1.807, 2.05) is 24.3 Å². The lowest BCUT2D eigenvalue weighted by atomic mass is 10.0. The van der Waals surface area contributed by atoms with E-state index in [2.05, 4.69) is 15.2 Å². The van der Waals surface area contributed by atoms with Gasteiger partial charge in [-0.2, -0.15) is 0 Å². The minimum absolute atomic E-state index is 0.194. The fourth-order valence-electron chi connectivity index (χ4n) is 3.30. The van der Waals surface area contributed by atoms with E-state index in [0.29, 0.717) is 11.3 Å². The van der Waals surface area contributed by atoms with Gasteiger partial charge >= 0.3 is 0 Å². The number of anilines is 2. The normalized spacial score (nSPS) is 16.2. The lowest BCUT2D eigenvalue weighted by Gasteiger charge is -2.17. The van der Waals surface area contributed by atoms with Gasteiger partial charge in [-0.05, 0) is 53.9 Å². The minimum Gasteiger partial charge on any atom is -0.355 e. The monoisotopic (exact) mass is 376 g/mol. The van der Waals surface area contributed by atoms with E-state index in [1.165, 1.54) is 12.1 Å². The van der Waals surface area contributed by atoms with Gasteiger partial charge in [-0.3, -0.25) is 4.79 Å². The van der Waals surface area contributed by atoms with E-state index in [4.69, 9.17) is 5.73 Å². The summed E-state index contributed by atoms with van der Waals surface area (Å²) in [4.78, 5) is 19.0. The molecule has 0 spiro atoms. The summed E-state index contributed by atoms with van der Waals surface area (Å²) >= 11 is 0. The molecule has 0 saturated carbocycles. The van der Waals surface area contributed by atoms with Gasteiger partial charge in [0.05, 0.1) is 11.9 Å². The highest BCUT2D eigenvalue weighted by Gasteiger charge is 2.20. The van der Waals surface area contributed by atoms with Crippen LogP contribution in [0.15, 0.2) is 66.9 Å². The molecule has 5 nitrogen and oxygen atoms in total. The molecule has 28 heavy (non-hydrogen) atoms. The van der Waals surface area contributed by atoms with Crippen LogP contribution in [0.5, 0.6) is 0 Å². The molecule has 3 aromatic rings. The van der Waals surface area contributed by atoms with Crippen molar-refractivity contribution in [2.45, 2.75) is 12.5 Å². The van der Waals surface area contributed by atoms with Crippen LogP contribution in [0, 0.1) is 5.82 Å². The Balaban J connectivity index is 1.41. The Kier molecular flexibility index (Phi) is 5.04. The molecule has 0 radical (unpaired) electrons. The zero-order valence-electron chi connectivity index (χ0n) is 15.3. The Bertz CT molecular complexity index is 955. The predicted octanol–water partition coefficient (Wildman–Crippen LogP) is 3.68. The molecule has 142 valence electrons. The Labute approximate surface area is 163 Å². The van der Waals surface area contributed by atoms with Crippen molar-refractivity contribution in [1.82, 2.24) is 4.98 Å². The van der Waals surface area contributed by atoms with Gasteiger partial charge < -0.3 is 16.0 Å². The highest BCUT2D eigenvalue weighted by atomic mass is 19.1. The average Bonchev–Trinajstić information content (AvgIpc) is 3.15. The second-order valence-corrected chi connectivity index (χ2v) is 6.94. The van der Waals surface area contributed by atoms with E-state index in [-0.39, 0.29) is 17.8 Å². The summed E-state index contributed by atoms with van der Waals surface area (Å²) in [6.45, 7) is 1.71. The Morgan fingerprint density at radius 3 is 2.29 bits per heavy atom. The Hall–Kier alpha value is -3.25. The van der Waals surface area contributed by atoms with Crippen LogP contribution in [-0.4, -0.2) is 30.0 Å². The molecule has 1 aliphatic rings. The molecule has 3 N–H and O–H groups in total. The number of hydrogen-bond acceptors (Lipinski definition) is 4. The molecule has 1 aromatic heterocycles. The zero-order valence-corrected chi connectivity index (χ0v) is 15.3. The number of aromatic nitrogens is 1. The van der Waals surface area contributed by atoms with Crippen molar-refractivity contribution in [1.29, 1.82) is 0 Å². The fraction of sp³-hybridized carbons (Fsp3) is 0.182. The Morgan fingerprint density at radius 1 is 1.04 bits per heavy atom. The fourth-order valence-corrected chi connectivity index (χ4v) is 3.30. The van der Waals surface area contributed by atoms with E-state index in [1.54, 1.807) is 30.5 Å². The highest BCUT2D eigenvalue weighted by molar-refractivity contribution is 6.04. The lowest BCUT2D eigenvalue weighted by Crippen LogP contribution is -2.26. The average molecular weight is 376 g/mol. The zero-order chi connectivity index (χ0) is 19.5. The van der Waals surface area contributed by atoms with Crippen molar-refractivity contribution in [2.24, 2.45) is 5.73 Å². The molecule has 0 aliphatic carbocycles. The number of halogens is 1. The van der Waals surface area contributed by atoms with Gasteiger partial charge in [0, 0.05) is 24.7 Å². The van der Waals surface area contributed by atoms with Gasteiger partial charge in [-0.25, -0.2) is 9.37 Å². The number of nitrogens with two attached hydrogens (primary N) is 1. The van der Waals surface area contributed by atoms with E-state index >= 15 is 0 Å². The standard InChI is InChI=1S/C22H21FN4O/c23-18-7-5-16(6-8-18)15-1-3-17(4-2-15)22(28)26-20-9-10-21(25-13-20)27-12-11-19(24)14-27/h1-10,13,19H,11-12,14,24H2,(H,26,28). The van der Waals surface area contributed by atoms with Gasteiger partial charge in [0.15, 0.2) is 0 Å². The maximum Gasteiger partial charge on any atom is 0.255 e. The molecule has 1 aliphatic heterocycles.